The van der Waals surface area contributed by atoms with Crippen molar-refractivity contribution in [1.82, 2.24) is 10.2 Å². The molecule has 1 aromatic rings. The fraction of sp³-hybridized carbons (Fsp3) is 0.562. The second-order valence-electron chi connectivity index (χ2n) is 5.73. The van der Waals surface area contributed by atoms with Crippen LogP contribution < -0.4 is 5.32 Å². The van der Waals surface area contributed by atoms with Crippen LogP contribution in [-0.2, 0) is 4.79 Å². The van der Waals surface area contributed by atoms with Crippen molar-refractivity contribution >= 4 is 5.91 Å². The van der Waals surface area contributed by atoms with E-state index in [2.05, 4.69) is 5.32 Å². The molecule has 0 aromatic heterocycles. The third-order valence-electron chi connectivity index (χ3n) is 3.83. The van der Waals surface area contributed by atoms with Crippen molar-refractivity contribution in [3.8, 4) is 0 Å². The Balaban J connectivity index is 2.47. The summed E-state index contributed by atoms with van der Waals surface area (Å²) in [5, 5.41) is 11.8. The molecule has 0 radical (unpaired) electrons. The lowest BCUT2D eigenvalue weighted by Gasteiger charge is -2.27. The number of aliphatic hydroxyl groups excluding tert-OH is 1. The second kappa shape index (κ2) is 8.31. The first-order valence-corrected chi connectivity index (χ1v) is 7.40. The number of alkyl halides is 3. The second-order valence-corrected chi connectivity index (χ2v) is 5.73. The first-order valence-electron chi connectivity index (χ1n) is 7.40. The van der Waals surface area contributed by atoms with E-state index in [0.717, 1.165) is 5.56 Å². The molecule has 0 saturated heterocycles. The van der Waals surface area contributed by atoms with E-state index in [1.807, 2.05) is 37.3 Å². The minimum Gasteiger partial charge on any atom is -0.382 e. The van der Waals surface area contributed by atoms with E-state index in [1.165, 1.54) is 18.9 Å². The van der Waals surface area contributed by atoms with Gasteiger partial charge in [0.2, 0.25) is 5.91 Å². The Morgan fingerprint density at radius 3 is 2.35 bits per heavy atom. The topological polar surface area (TPSA) is 52.6 Å². The third kappa shape index (κ3) is 6.19. The predicted octanol–water partition coefficient (Wildman–Crippen LogP) is 2.15. The van der Waals surface area contributed by atoms with Crippen LogP contribution in [0.4, 0.5) is 13.2 Å². The number of hydrogen-bond acceptors (Lipinski definition) is 3. The number of likely N-dealkylation sites (N-methyl/N-ethyl adjacent to an activating group) is 1. The van der Waals surface area contributed by atoms with Crippen LogP contribution in [-0.4, -0.2) is 54.4 Å². The van der Waals surface area contributed by atoms with Crippen LogP contribution in [0, 0.1) is 0 Å². The molecule has 130 valence electrons. The summed E-state index contributed by atoms with van der Waals surface area (Å²) < 4.78 is 37.0. The largest absolute Gasteiger partial charge is 0.415 e. The number of halogens is 3. The molecule has 3 atom stereocenters. The highest BCUT2D eigenvalue weighted by Gasteiger charge is 2.39. The highest BCUT2D eigenvalue weighted by molar-refractivity contribution is 5.81. The highest BCUT2D eigenvalue weighted by Crippen LogP contribution is 2.21. The standard InChI is InChI=1S/C16H23F3N2O2/c1-11(13-7-5-4-6-8-13)9-20-15(23)12(2)21(3)10-14(22)16(17,18)19/h4-8,11-12,14,22H,9-10H2,1-3H3,(H,20,23). The fourth-order valence-electron chi connectivity index (χ4n) is 2.04. The maximum Gasteiger partial charge on any atom is 0.415 e. The van der Waals surface area contributed by atoms with Crippen LogP contribution in [0.5, 0.6) is 0 Å². The molecule has 0 spiro atoms. The van der Waals surface area contributed by atoms with Gasteiger partial charge in [-0.25, -0.2) is 0 Å². The van der Waals surface area contributed by atoms with Crippen LogP contribution >= 0.6 is 0 Å². The van der Waals surface area contributed by atoms with Gasteiger partial charge in [0.15, 0.2) is 6.10 Å². The minimum absolute atomic E-state index is 0.0958. The number of rotatable bonds is 7. The van der Waals surface area contributed by atoms with E-state index in [-0.39, 0.29) is 11.8 Å². The summed E-state index contributed by atoms with van der Waals surface area (Å²) in [5.41, 5.74) is 1.07. The molecular formula is C16H23F3N2O2. The first kappa shape index (κ1) is 19.4. The Morgan fingerprint density at radius 2 is 1.83 bits per heavy atom. The zero-order chi connectivity index (χ0) is 17.6. The molecule has 4 nitrogen and oxygen atoms in total. The summed E-state index contributed by atoms with van der Waals surface area (Å²) >= 11 is 0. The maximum atomic E-state index is 12.3. The van der Waals surface area contributed by atoms with Crippen molar-refractivity contribution in [1.29, 1.82) is 0 Å². The molecule has 2 N–H and O–H groups in total. The number of carbonyl (C=O) groups is 1. The van der Waals surface area contributed by atoms with Crippen LogP contribution in [0.2, 0.25) is 0 Å². The number of benzene rings is 1. The van der Waals surface area contributed by atoms with E-state index < -0.39 is 24.9 Å². The zero-order valence-corrected chi connectivity index (χ0v) is 13.5. The quantitative estimate of drug-likeness (QED) is 0.804. The Bertz CT molecular complexity index is 494. The molecule has 23 heavy (non-hydrogen) atoms. The number of nitrogens with zero attached hydrogens (tertiary/aromatic N) is 1. The molecule has 1 aromatic carbocycles. The summed E-state index contributed by atoms with van der Waals surface area (Å²) in [6.45, 7) is 3.21. The molecule has 7 heteroatoms. The lowest BCUT2D eigenvalue weighted by Crippen LogP contribution is -2.49. The van der Waals surface area contributed by atoms with Gasteiger partial charge in [-0.15, -0.1) is 0 Å². The van der Waals surface area contributed by atoms with Gasteiger partial charge >= 0.3 is 6.18 Å². The van der Waals surface area contributed by atoms with Crippen molar-refractivity contribution in [3.63, 3.8) is 0 Å². The fourth-order valence-corrected chi connectivity index (χ4v) is 2.04. The van der Waals surface area contributed by atoms with Gasteiger partial charge in [-0.05, 0) is 25.5 Å². The predicted molar refractivity (Wildman–Crippen MR) is 82.0 cm³/mol. The first-order chi connectivity index (χ1) is 10.6. The summed E-state index contributed by atoms with van der Waals surface area (Å²) in [4.78, 5) is 13.2. The number of hydrogen-bond donors (Lipinski definition) is 2. The molecule has 3 unspecified atom stereocenters. The molecule has 0 aliphatic heterocycles. The van der Waals surface area contributed by atoms with Crippen LogP contribution in [0.25, 0.3) is 0 Å². The average molecular weight is 332 g/mol. The van der Waals surface area contributed by atoms with Crippen molar-refractivity contribution in [3.05, 3.63) is 35.9 Å². The third-order valence-corrected chi connectivity index (χ3v) is 3.83. The van der Waals surface area contributed by atoms with Crippen molar-refractivity contribution in [2.75, 3.05) is 20.1 Å². The summed E-state index contributed by atoms with van der Waals surface area (Å²) in [5.74, 6) is -0.275. The van der Waals surface area contributed by atoms with Crippen molar-refractivity contribution < 1.29 is 23.1 Å². The normalized spacial score (nSPS) is 16.0. The van der Waals surface area contributed by atoms with Crippen LogP contribution in [0.15, 0.2) is 30.3 Å². The maximum absolute atomic E-state index is 12.3. The van der Waals surface area contributed by atoms with E-state index in [9.17, 15) is 18.0 Å². The average Bonchev–Trinajstić information content (AvgIpc) is 2.51. The highest BCUT2D eigenvalue weighted by atomic mass is 19.4. The van der Waals surface area contributed by atoms with E-state index in [0.29, 0.717) is 6.54 Å². The molecule has 0 aliphatic rings. The van der Waals surface area contributed by atoms with Gasteiger partial charge in [0.25, 0.3) is 0 Å². The molecule has 0 saturated carbocycles. The van der Waals surface area contributed by atoms with E-state index in [1.54, 1.807) is 0 Å². The van der Waals surface area contributed by atoms with Crippen LogP contribution in [0.1, 0.15) is 25.3 Å². The summed E-state index contributed by atoms with van der Waals surface area (Å²) in [6.07, 6.45) is -7.15. The number of amides is 1. The zero-order valence-electron chi connectivity index (χ0n) is 13.5. The Kier molecular flexibility index (Phi) is 7.02. The van der Waals surface area contributed by atoms with Gasteiger partial charge < -0.3 is 10.4 Å². The monoisotopic (exact) mass is 332 g/mol. The Labute approximate surface area is 134 Å². The molecule has 0 bridgehead atoms. The van der Waals surface area contributed by atoms with Gasteiger partial charge in [-0.2, -0.15) is 13.2 Å². The lowest BCUT2D eigenvalue weighted by molar-refractivity contribution is -0.208. The van der Waals surface area contributed by atoms with Gasteiger partial charge in [0.1, 0.15) is 0 Å². The van der Waals surface area contributed by atoms with Gasteiger partial charge in [0, 0.05) is 13.1 Å². The summed E-state index contributed by atoms with van der Waals surface area (Å²) in [6, 6.07) is 8.84. The molecule has 1 rings (SSSR count). The molecule has 0 aliphatic carbocycles. The SMILES string of the molecule is CC(CNC(=O)C(C)N(C)CC(O)C(F)(F)F)c1ccccc1. The van der Waals surface area contributed by atoms with Crippen molar-refractivity contribution in [2.45, 2.75) is 38.1 Å². The minimum atomic E-state index is -4.69. The smallest absolute Gasteiger partial charge is 0.382 e. The summed E-state index contributed by atoms with van der Waals surface area (Å²) in [7, 11) is 1.37. The lowest BCUT2D eigenvalue weighted by atomic mass is 10.0. The van der Waals surface area contributed by atoms with Gasteiger partial charge in [0.05, 0.1) is 6.04 Å². The van der Waals surface area contributed by atoms with E-state index >= 15 is 0 Å². The number of nitrogens with one attached hydrogen (secondary N) is 1. The van der Waals surface area contributed by atoms with Gasteiger partial charge in [-0.1, -0.05) is 37.3 Å². The number of aliphatic hydroxyl groups is 1. The van der Waals surface area contributed by atoms with Crippen molar-refractivity contribution in [2.24, 2.45) is 0 Å². The molecule has 0 fully saturated rings. The van der Waals surface area contributed by atoms with E-state index in [4.69, 9.17) is 5.11 Å². The Morgan fingerprint density at radius 1 is 1.26 bits per heavy atom. The molecular weight excluding hydrogens is 309 g/mol. The Hall–Kier alpha value is -1.60. The molecule has 0 heterocycles. The van der Waals surface area contributed by atoms with Gasteiger partial charge in [-0.3, -0.25) is 9.69 Å². The molecule has 1 amide bonds. The van der Waals surface area contributed by atoms with Crippen LogP contribution in [0.3, 0.4) is 0 Å². The number of carbonyl (C=O) groups excluding carboxylic acids is 1.